The second-order valence-corrected chi connectivity index (χ2v) is 19.7. The fourth-order valence-electron chi connectivity index (χ4n) is 8.67. The first-order valence-electron chi connectivity index (χ1n) is 21.9. The first-order valence-corrected chi connectivity index (χ1v) is 24.9. The number of urea groups is 2. The number of nitrogens with one attached hydrogen (secondary N) is 4. The van der Waals surface area contributed by atoms with E-state index in [-0.39, 0.29) is 45.4 Å². The second kappa shape index (κ2) is 29.6. The lowest BCUT2D eigenvalue weighted by atomic mass is 9.74. The lowest BCUT2D eigenvalue weighted by Crippen LogP contribution is -2.55. The number of amides is 6. The number of ether oxygens (including phenoxy) is 6. The van der Waals surface area contributed by atoms with Crippen LogP contribution in [-0.2, 0) is 38.0 Å². The summed E-state index contributed by atoms with van der Waals surface area (Å²) >= 11 is 15.3. The number of fused-ring (bicyclic) bond motifs is 2. The van der Waals surface area contributed by atoms with Crippen molar-refractivity contribution in [2.75, 3.05) is 118 Å². The van der Waals surface area contributed by atoms with Crippen LogP contribution in [0.4, 0.5) is 9.59 Å². The molecule has 6 aliphatic rings. The molecule has 62 heavy (non-hydrogen) atoms. The zero-order valence-corrected chi connectivity index (χ0v) is 39.8. The molecule has 4 N–H and O–H groups in total. The number of likely N-dealkylation sites (tertiary alicyclic amines) is 2. The van der Waals surface area contributed by atoms with Gasteiger partial charge in [0.1, 0.15) is 6.61 Å². The minimum atomic E-state index is -0.215. The van der Waals surface area contributed by atoms with Gasteiger partial charge >= 0.3 is 12.1 Å². The minimum Gasteiger partial charge on any atom is -0.382 e. The molecule has 2 aliphatic carbocycles. The lowest BCUT2D eigenvalue weighted by Gasteiger charge is -2.43. The van der Waals surface area contributed by atoms with Crippen molar-refractivity contribution in [3.05, 3.63) is 0 Å². The van der Waals surface area contributed by atoms with Gasteiger partial charge in [-0.25, -0.2) is 9.59 Å². The zero-order chi connectivity index (χ0) is 44.7. The molecule has 4 aliphatic heterocycles. The Bertz CT molecular complexity index is 1330. The number of rotatable bonds is 18. The quantitative estimate of drug-likeness (QED) is 0.0895. The van der Waals surface area contributed by atoms with Crippen molar-refractivity contribution in [2.24, 2.45) is 23.7 Å². The number of alkyl halides is 2. The molecule has 4 saturated heterocycles. The van der Waals surface area contributed by atoms with Gasteiger partial charge in [-0.1, -0.05) is 5.92 Å². The van der Waals surface area contributed by atoms with Crippen molar-refractivity contribution >= 4 is 70.6 Å². The standard InChI is InChI=1S/2C16H26ClN3O3S.C10H18O4/c2*1-23-12-3-2-11-8-20(5-4-10(11)6-12)14(21)9-24-15-13(17)7-18-16(22)19-15;1-3-4-12-7-8-14-10-9-13-6-5-11-2/h2*10-13,15H,2-9H2,1H3,(H2,18,19,22);1H,4-10H2,2H3. The normalized spacial score (nSPS) is 30.5. The highest BCUT2D eigenvalue weighted by atomic mass is 35.5. The molecule has 6 fully saturated rings. The molecule has 4 heterocycles. The number of thioether (sulfide) groups is 2. The number of halogens is 2. The largest absolute Gasteiger partial charge is 0.382 e. The third-order valence-electron chi connectivity index (χ3n) is 12.3. The first kappa shape index (κ1) is 52.7. The Kier molecular flexibility index (Phi) is 25.1. The van der Waals surface area contributed by atoms with Gasteiger partial charge in [-0.2, -0.15) is 0 Å². The van der Waals surface area contributed by atoms with Crippen LogP contribution in [0.3, 0.4) is 0 Å². The van der Waals surface area contributed by atoms with Crippen LogP contribution >= 0.6 is 46.7 Å². The molecule has 354 valence electrons. The number of carbonyl (C=O) groups excluding carboxylic acids is 4. The smallest absolute Gasteiger partial charge is 0.315 e. The van der Waals surface area contributed by atoms with Crippen molar-refractivity contribution in [1.82, 2.24) is 31.1 Å². The first-order chi connectivity index (χ1) is 30.0. The van der Waals surface area contributed by atoms with Crippen molar-refractivity contribution < 1.29 is 47.6 Å². The number of hydrogen-bond acceptors (Lipinski definition) is 12. The summed E-state index contributed by atoms with van der Waals surface area (Å²) in [6.07, 6.45) is 14.7. The summed E-state index contributed by atoms with van der Waals surface area (Å²) in [7, 11) is 5.23. The highest BCUT2D eigenvalue weighted by Gasteiger charge is 2.38. The van der Waals surface area contributed by atoms with Gasteiger partial charge in [-0.05, 0) is 75.0 Å². The van der Waals surface area contributed by atoms with Gasteiger partial charge in [0.2, 0.25) is 11.8 Å². The third kappa shape index (κ3) is 18.5. The summed E-state index contributed by atoms with van der Waals surface area (Å²) in [5, 5.41) is 10.0. The summed E-state index contributed by atoms with van der Waals surface area (Å²) in [5.41, 5.74) is 0. The average molecular weight is 954 g/mol. The van der Waals surface area contributed by atoms with Crippen LogP contribution < -0.4 is 21.3 Å². The summed E-state index contributed by atoms with van der Waals surface area (Å²) in [5.74, 6) is 6.03. The molecule has 16 nitrogen and oxygen atoms in total. The van der Waals surface area contributed by atoms with Gasteiger partial charge in [0, 0.05) is 60.6 Å². The van der Waals surface area contributed by atoms with Crippen LogP contribution in [0.25, 0.3) is 0 Å². The van der Waals surface area contributed by atoms with E-state index in [0.717, 1.165) is 77.5 Å². The summed E-state index contributed by atoms with van der Waals surface area (Å²) < 4.78 is 31.2. The van der Waals surface area contributed by atoms with E-state index in [2.05, 4.69) is 27.2 Å². The molecule has 10 atom stereocenters. The maximum absolute atomic E-state index is 12.5. The van der Waals surface area contributed by atoms with Crippen LogP contribution in [0.5, 0.6) is 0 Å². The second-order valence-electron chi connectivity index (χ2n) is 16.3. The van der Waals surface area contributed by atoms with Gasteiger partial charge in [0.15, 0.2) is 0 Å². The fraction of sp³-hybridized carbons (Fsp3) is 0.857. The van der Waals surface area contributed by atoms with E-state index in [4.69, 9.17) is 58.0 Å². The third-order valence-corrected chi connectivity index (χ3v) is 15.8. The number of hydrogen-bond donors (Lipinski definition) is 4. The van der Waals surface area contributed by atoms with E-state index >= 15 is 0 Å². The Labute approximate surface area is 387 Å². The van der Waals surface area contributed by atoms with Gasteiger partial charge in [0.25, 0.3) is 0 Å². The maximum atomic E-state index is 12.5. The molecule has 0 aromatic rings. The number of nitrogens with zero attached hydrogens (tertiary/aromatic N) is 2. The Balaban J connectivity index is 0.000000213. The number of methoxy groups -OCH3 is 3. The molecule has 20 heteroatoms. The predicted octanol–water partition coefficient (Wildman–Crippen LogP) is 3.57. The van der Waals surface area contributed by atoms with E-state index in [9.17, 15) is 19.2 Å². The molecule has 0 radical (unpaired) electrons. The van der Waals surface area contributed by atoms with Crippen LogP contribution in [0.2, 0.25) is 0 Å². The van der Waals surface area contributed by atoms with Gasteiger partial charge in [-0.15, -0.1) is 53.1 Å². The molecule has 0 aromatic heterocycles. The minimum absolute atomic E-state index is 0.156. The molecular weight excluding hydrogens is 884 g/mol. The molecular formula is C42H70Cl2N6O10S2. The summed E-state index contributed by atoms with van der Waals surface area (Å²) in [4.78, 5) is 51.8. The Morgan fingerprint density at radius 3 is 1.52 bits per heavy atom. The number of piperidine rings is 2. The van der Waals surface area contributed by atoms with Crippen LogP contribution in [0, 0.1) is 36.0 Å². The van der Waals surface area contributed by atoms with Crippen LogP contribution in [-0.4, -0.2) is 186 Å². The van der Waals surface area contributed by atoms with E-state index in [1.54, 1.807) is 21.3 Å². The van der Waals surface area contributed by atoms with Gasteiger partial charge in [0.05, 0.1) is 84.9 Å². The predicted molar refractivity (Wildman–Crippen MR) is 244 cm³/mol. The molecule has 6 rings (SSSR count). The van der Waals surface area contributed by atoms with Crippen molar-refractivity contribution in [3.8, 4) is 12.3 Å². The highest BCUT2D eigenvalue weighted by Crippen LogP contribution is 2.39. The Morgan fingerprint density at radius 2 is 1.10 bits per heavy atom. The Morgan fingerprint density at radius 1 is 0.661 bits per heavy atom. The molecule has 6 amide bonds. The van der Waals surface area contributed by atoms with Crippen molar-refractivity contribution in [1.29, 1.82) is 0 Å². The van der Waals surface area contributed by atoms with Crippen LogP contribution in [0.1, 0.15) is 51.4 Å². The average Bonchev–Trinajstić information content (AvgIpc) is 3.29. The van der Waals surface area contributed by atoms with Gasteiger partial charge in [-0.3, -0.25) is 9.59 Å². The molecule has 2 saturated carbocycles. The topological polar surface area (TPSA) is 178 Å². The molecule has 10 unspecified atom stereocenters. The van der Waals surface area contributed by atoms with Crippen LogP contribution in [0.15, 0.2) is 0 Å². The van der Waals surface area contributed by atoms with E-state index in [1.165, 1.54) is 23.5 Å². The SMILES string of the molecule is C#CCOCCOCCOCCOC.COC1CCC2CN(C(=O)CSC3NC(=O)NCC3Cl)CCC2C1.COC1CCC2CN(C(=O)CSC3NC(=O)NCC3Cl)CCC2C1. The maximum Gasteiger partial charge on any atom is 0.315 e. The zero-order valence-electron chi connectivity index (χ0n) is 36.7. The highest BCUT2D eigenvalue weighted by molar-refractivity contribution is 8.00. The van der Waals surface area contributed by atoms with Gasteiger partial charge < -0.3 is 59.5 Å². The lowest BCUT2D eigenvalue weighted by molar-refractivity contribution is -0.132. The summed E-state index contributed by atoms with van der Waals surface area (Å²) in [6.45, 7) is 8.07. The molecule has 0 aromatic carbocycles. The van der Waals surface area contributed by atoms with Crippen molar-refractivity contribution in [2.45, 2.75) is 85.1 Å². The van der Waals surface area contributed by atoms with E-state index < -0.39 is 0 Å². The summed E-state index contributed by atoms with van der Waals surface area (Å²) in [6, 6.07) is -0.430. The van der Waals surface area contributed by atoms with E-state index in [1.807, 2.05) is 9.80 Å². The van der Waals surface area contributed by atoms with Crippen molar-refractivity contribution in [3.63, 3.8) is 0 Å². The number of carbonyl (C=O) groups is 4. The fourth-order valence-corrected chi connectivity index (χ4v) is 11.4. The number of terminal acetylenes is 1. The molecule has 0 spiro atoms. The van der Waals surface area contributed by atoms with E-state index in [0.29, 0.717) is 107 Å². The Hall–Kier alpha value is -1.92. The molecule has 0 bridgehead atoms. The monoisotopic (exact) mass is 952 g/mol.